The zero-order valence-electron chi connectivity index (χ0n) is 11.6. The van der Waals surface area contributed by atoms with Crippen molar-refractivity contribution in [2.75, 3.05) is 5.01 Å². The van der Waals surface area contributed by atoms with E-state index in [1.807, 2.05) is 0 Å². The van der Waals surface area contributed by atoms with E-state index in [0.717, 1.165) is 9.91 Å². The molecule has 2 rings (SSSR count). The van der Waals surface area contributed by atoms with Gasteiger partial charge in [0, 0.05) is 13.0 Å². The molecule has 0 spiro atoms. The van der Waals surface area contributed by atoms with Gasteiger partial charge >= 0.3 is 6.03 Å². The van der Waals surface area contributed by atoms with Crippen LogP contribution in [0.4, 0.5) is 16.2 Å². The first-order valence-corrected chi connectivity index (χ1v) is 6.39. The van der Waals surface area contributed by atoms with Gasteiger partial charge < -0.3 is 0 Å². The van der Waals surface area contributed by atoms with E-state index in [0.29, 0.717) is 0 Å². The van der Waals surface area contributed by atoms with E-state index in [4.69, 9.17) is 11.6 Å². The van der Waals surface area contributed by atoms with Crippen molar-refractivity contribution in [1.29, 1.82) is 0 Å². The van der Waals surface area contributed by atoms with Gasteiger partial charge in [0.05, 0.1) is 10.6 Å². The van der Waals surface area contributed by atoms with Crippen LogP contribution in [0.1, 0.15) is 20.8 Å². The van der Waals surface area contributed by atoms with E-state index in [1.54, 1.807) is 13.8 Å². The maximum atomic E-state index is 12.3. The van der Waals surface area contributed by atoms with Crippen molar-refractivity contribution in [3.05, 3.63) is 33.3 Å². The summed E-state index contributed by atoms with van der Waals surface area (Å²) in [5.74, 6) is -0.427. The van der Waals surface area contributed by atoms with Gasteiger partial charge in [-0.25, -0.2) is 20.1 Å². The minimum atomic E-state index is -0.933. The predicted octanol–water partition coefficient (Wildman–Crippen LogP) is 2.28. The summed E-state index contributed by atoms with van der Waals surface area (Å²) in [5, 5.41) is 12.0. The van der Waals surface area contributed by atoms with Crippen molar-refractivity contribution in [2.45, 2.75) is 26.4 Å². The first-order chi connectivity index (χ1) is 9.65. The summed E-state index contributed by atoms with van der Waals surface area (Å²) in [4.78, 5) is 35.2. The number of carbonyl (C=O) groups excluding carboxylic acids is 2. The van der Waals surface area contributed by atoms with Crippen LogP contribution in [0.15, 0.2) is 18.2 Å². The number of hydrazine groups is 1. The SMILES string of the molecule is CC(=O)N1C(=O)N(c2ccc(Cl)c([N+](=O)[O-])c2)NC1(C)C. The topological polar surface area (TPSA) is 95.8 Å². The van der Waals surface area contributed by atoms with E-state index < -0.39 is 22.5 Å². The third-order valence-electron chi connectivity index (χ3n) is 3.03. The standard InChI is InChI=1S/C12H13ClN4O4/c1-7(18)15-11(19)16(14-12(15,2)3)8-4-5-9(13)10(6-8)17(20)21/h4-6,14H,1-3H3. The summed E-state index contributed by atoms with van der Waals surface area (Å²) < 4.78 is 0. The second-order valence-corrected chi connectivity index (χ2v) is 5.44. The van der Waals surface area contributed by atoms with Crippen LogP contribution in [-0.2, 0) is 4.79 Å². The van der Waals surface area contributed by atoms with Gasteiger partial charge in [-0.1, -0.05) is 11.6 Å². The zero-order valence-corrected chi connectivity index (χ0v) is 12.3. The van der Waals surface area contributed by atoms with Crippen molar-refractivity contribution >= 4 is 34.9 Å². The summed E-state index contributed by atoms with van der Waals surface area (Å²) >= 11 is 5.74. The zero-order chi connectivity index (χ0) is 15.9. The lowest BCUT2D eigenvalue weighted by molar-refractivity contribution is -0.384. The van der Waals surface area contributed by atoms with Crippen LogP contribution in [0.25, 0.3) is 0 Å². The smallest absolute Gasteiger partial charge is 0.275 e. The van der Waals surface area contributed by atoms with Crippen LogP contribution in [-0.4, -0.2) is 27.4 Å². The highest BCUT2D eigenvalue weighted by atomic mass is 35.5. The molecule has 112 valence electrons. The Morgan fingerprint density at radius 1 is 1.43 bits per heavy atom. The van der Waals surface area contributed by atoms with Crippen molar-refractivity contribution in [3.8, 4) is 0 Å². The fraction of sp³-hybridized carbons (Fsp3) is 0.333. The Bertz CT molecular complexity index is 646. The van der Waals surface area contributed by atoms with E-state index in [1.165, 1.54) is 25.1 Å². The van der Waals surface area contributed by atoms with Gasteiger partial charge in [-0.2, -0.15) is 0 Å². The van der Waals surface area contributed by atoms with Gasteiger partial charge in [0.2, 0.25) is 5.91 Å². The first kappa shape index (κ1) is 15.2. The van der Waals surface area contributed by atoms with Crippen LogP contribution >= 0.6 is 11.6 Å². The Kier molecular flexibility index (Phi) is 3.60. The minimum Gasteiger partial charge on any atom is -0.275 e. The molecule has 0 aliphatic carbocycles. The average molecular weight is 313 g/mol. The van der Waals surface area contributed by atoms with Crippen molar-refractivity contribution in [3.63, 3.8) is 0 Å². The molecule has 21 heavy (non-hydrogen) atoms. The van der Waals surface area contributed by atoms with Gasteiger partial charge in [0.25, 0.3) is 5.69 Å². The molecule has 1 aliphatic heterocycles. The number of hydrogen-bond acceptors (Lipinski definition) is 5. The van der Waals surface area contributed by atoms with E-state index >= 15 is 0 Å². The molecule has 8 nitrogen and oxygen atoms in total. The number of halogens is 1. The molecule has 0 atom stereocenters. The third kappa shape index (κ3) is 2.55. The van der Waals surface area contributed by atoms with E-state index in [9.17, 15) is 19.7 Å². The maximum Gasteiger partial charge on any atom is 0.347 e. The summed E-state index contributed by atoms with van der Waals surface area (Å²) in [6, 6.07) is 3.35. The van der Waals surface area contributed by atoms with Gasteiger partial charge in [0.1, 0.15) is 10.7 Å². The Morgan fingerprint density at radius 3 is 2.52 bits per heavy atom. The molecule has 9 heteroatoms. The van der Waals surface area contributed by atoms with E-state index in [2.05, 4.69) is 5.43 Å². The molecule has 3 amide bonds. The average Bonchev–Trinajstić information content (AvgIpc) is 2.59. The summed E-state index contributed by atoms with van der Waals surface area (Å²) in [7, 11) is 0. The molecule has 1 aromatic carbocycles. The number of anilines is 1. The van der Waals surface area contributed by atoms with Crippen LogP contribution < -0.4 is 10.4 Å². The molecule has 1 aliphatic rings. The number of carbonyl (C=O) groups is 2. The number of nitrogens with one attached hydrogen (secondary N) is 1. The number of rotatable bonds is 2. The Balaban J connectivity index is 2.45. The normalized spacial score (nSPS) is 17.2. The van der Waals surface area contributed by atoms with Crippen LogP contribution in [0.2, 0.25) is 5.02 Å². The summed E-state index contributed by atoms with van der Waals surface area (Å²) in [6.45, 7) is 4.57. The lowest BCUT2D eigenvalue weighted by Gasteiger charge is -2.25. The molecule has 1 fully saturated rings. The fourth-order valence-corrected chi connectivity index (χ4v) is 2.38. The highest BCUT2D eigenvalue weighted by Crippen LogP contribution is 2.32. The van der Waals surface area contributed by atoms with Crippen LogP contribution in [0, 0.1) is 10.1 Å². The molecule has 0 bridgehead atoms. The quantitative estimate of drug-likeness (QED) is 0.667. The van der Waals surface area contributed by atoms with Crippen molar-refractivity contribution in [1.82, 2.24) is 10.3 Å². The Labute approximate surface area is 125 Å². The molecule has 0 saturated carbocycles. The number of nitro groups is 1. The van der Waals surface area contributed by atoms with Gasteiger partial charge in [-0.05, 0) is 26.0 Å². The number of urea groups is 1. The third-order valence-corrected chi connectivity index (χ3v) is 3.35. The fourth-order valence-electron chi connectivity index (χ4n) is 2.19. The molecule has 1 heterocycles. The van der Waals surface area contributed by atoms with Crippen LogP contribution in [0.3, 0.4) is 0 Å². The van der Waals surface area contributed by atoms with Crippen molar-refractivity contribution < 1.29 is 14.5 Å². The minimum absolute atomic E-state index is 0.0296. The molecule has 1 aromatic rings. The number of hydrogen-bond donors (Lipinski definition) is 1. The molecular weight excluding hydrogens is 300 g/mol. The van der Waals surface area contributed by atoms with Crippen LogP contribution in [0.5, 0.6) is 0 Å². The molecule has 1 saturated heterocycles. The second-order valence-electron chi connectivity index (χ2n) is 5.04. The summed E-state index contributed by atoms with van der Waals surface area (Å²) in [5.41, 5.74) is 1.82. The second kappa shape index (κ2) is 4.97. The number of amides is 3. The number of imide groups is 1. The monoisotopic (exact) mass is 312 g/mol. The molecule has 1 N–H and O–H groups in total. The molecule has 0 radical (unpaired) electrons. The molecule has 0 aromatic heterocycles. The van der Waals surface area contributed by atoms with Gasteiger partial charge in [0.15, 0.2) is 0 Å². The lowest BCUT2D eigenvalue weighted by Crippen LogP contribution is -2.49. The largest absolute Gasteiger partial charge is 0.347 e. The van der Waals surface area contributed by atoms with Gasteiger partial charge in [-0.3, -0.25) is 14.9 Å². The summed E-state index contributed by atoms with van der Waals surface area (Å²) in [6.07, 6.45) is 0. The van der Waals surface area contributed by atoms with E-state index in [-0.39, 0.29) is 16.4 Å². The number of nitro benzene ring substituents is 1. The highest BCUT2D eigenvalue weighted by Gasteiger charge is 2.46. The molecule has 0 unspecified atom stereocenters. The highest BCUT2D eigenvalue weighted by molar-refractivity contribution is 6.32. The Morgan fingerprint density at radius 2 is 2.05 bits per heavy atom. The van der Waals surface area contributed by atoms with Crippen molar-refractivity contribution in [2.24, 2.45) is 0 Å². The maximum absolute atomic E-state index is 12.3. The number of benzene rings is 1. The van der Waals surface area contributed by atoms with Gasteiger partial charge in [-0.15, -0.1) is 0 Å². The predicted molar refractivity (Wildman–Crippen MR) is 75.7 cm³/mol. The Hall–Kier alpha value is -2.19. The number of nitrogens with zero attached hydrogens (tertiary/aromatic N) is 3. The molecular formula is C12H13ClN4O4. The lowest BCUT2D eigenvalue weighted by atomic mass is 10.2. The first-order valence-electron chi connectivity index (χ1n) is 6.02.